The van der Waals surface area contributed by atoms with E-state index in [0.717, 1.165) is 16.8 Å². The third-order valence-corrected chi connectivity index (χ3v) is 6.54. The van der Waals surface area contributed by atoms with Crippen molar-refractivity contribution in [2.45, 2.75) is 80.1 Å². The third-order valence-electron chi connectivity index (χ3n) is 6.54. The van der Waals surface area contributed by atoms with E-state index < -0.39 is 7.12 Å². The van der Waals surface area contributed by atoms with Gasteiger partial charge in [-0.05, 0) is 102 Å². The maximum Gasteiger partial charge on any atom is 0.538 e. The second-order valence-corrected chi connectivity index (χ2v) is 10.5. The van der Waals surface area contributed by atoms with Crippen LogP contribution in [-0.4, -0.2) is 7.12 Å². The van der Waals surface area contributed by atoms with Gasteiger partial charge in [0.25, 0.3) is 0 Å². The molecule has 0 aromatic heterocycles. The Labute approximate surface area is 236 Å². The van der Waals surface area contributed by atoms with Crippen LogP contribution in [0.3, 0.4) is 0 Å². The molecule has 0 saturated heterocycles. The summed E-state index contributed by atoms with van der Waals surface area (Å²) in [7, 11) is -0.648. The molecule has 0 radical (unpaired) electrons. The van der Waals surface area contributed by atoms with Crippen molar-refractivity contribution in [1.82, 2.24) is 0 Å². The average molecular weight is 545 g/mol. The highest BCUT2D eigenvalue weighted by molar-refractivity contribution is 6.61. The number of nitrogens with one attached hydrogen (secondary N) is 2. The van der Waals surface area contributed by atoms with Crippen LogP contribution in [-0.2, 0) is 9.51 Å². The molecule has 0 spiro atoms. The van der Waals surface area contributed by atoms with Crippen LogP contribution in [0.1, 0.15) is 92.7 Å². The number of rotatable bonds is 10. The number of benzene rings is 3. The molecule has 0 unspecified atom stereocenters. The van der Waals surface area contributed by atoms with E-state index in [2.05, 4.69) is 116 Å². The first-order valence-electron chi connectivity index (χ1n) is 12.7. The molecule has 3 rings (SSSR count). The molecule has 202 valence electrons. The van der Waals surface area contributed by atoms with E-state index in [1.165, 1.54) is 33.4 Å². The summed E-state index contributed by atoms with van der Waals surface area (Å²) in [6, 6.07) is 19.0. The van der Waals surface area contributed by atoms with Gasteiger partial charge in [-0.2, -0.15) is 0 Å². The van der Waals surface area contributed by atoms with E-state index in [9.17, 15) is 0 Å². The Balaban J connectivity index is 0.00000342. The van der Waals surface area contributed by atoms with E-state index in [4.69, 9.17) is 9.51 Å². The van der Waals surface area contributed by atoms with Crippen molar-refractivity contribution >= 4 is 48.8 Å². The normalized spacial score (nSPS) is 10.8. The molecule has 2 N–H and O–H groups in total. The van der Waals surface area contributed by atoms with Crippen LogP contribution in [0.2, 0.25) is 0 Å². The fourth-order valence-electron chi connectivity index (χ4n) is 4.67. The Morgan fingerprint density at radius 3 is 1.22 bits per heavy atom. The van der Waals surface area contributed by atoms with Crippen LogP contribution in [0.5, 0.6) is 0 Å². The Hall–Kier alpha value is -2.18. The molecule has 0 bridgehead atoms. The number of hydrogen-bond donors (Lipinski definition) is 2. The second-order valence-electron chi connectivity index (χ2n) is 10.5. The van der Waals surface area contributed by atoms with E-state index >= 15 is 0 Å². The summed E-state index contributed by atoms with van der Waals surface area (Å²) in [5.41, 5.74) is 16.7. The van der Waals surface area contributed by atoms with Gasteiger partial charge >= 0.3 is 7.12 Å². The molecule has 3 aromatic rings. The van der Waals surface area contributed by atoms with Crippen LogP contribution < -0.4 is 16.4 Å². The van der Waals surface area contributed by atoms with E-state index in [1.807, 2.05) is 12.1 Å². The topological polar surface area (TPSA) is 42.5 Å². The zero-order valence-electron chi connectivity index (χ0n) is 23.6. The van der Waals surface area contributed by atoms with Crippen molar-refractivity contribution in [3.05, 3.63) is 88.0 Å². The fourth-order valence-corrected chi connectivity index (χ4v) is 4.67. The molecule has 0 amide bonds. The molecule has 0 fully saturated rings. The summed E-state index contributed by atoms with van der Waals surface area (Å²) >= 11 is 0. The van der Waals surface area contributed by atoms with Gasteiger partial charge in [0.2, 0.25) is 0 Å². The highest BCUT2D eigenvalue weighted by atomic mass is 35.5. The maximum absolute atomic E-state index is 6.10. The standard InChI is InChI=1S/C30H41BN2O2.2ClH/c1-19(2)28-13-10-25(16-22(28)7)31(34-32-26-11-14-29(20(3)4)23(8)17-26)35-33-27-12-15-30(21(5)6)24(9)18-27;;/h10-21,32-33H,1-9H3;2*1H. The molecule has 3 aromatic carbocycles. The largest absolute Gasteiger partial charge is 0.538 e. The maximum atomic E-state index is 6.10. The van der Waals surface area contributed by atoms with E-state index in [0.29, 0.717) is 17.8 Å². The van der Waals surface area contributed by atoms with Crippen LogP contribution in [0.4, 0.5) is 11.4 Å². The monoisotopic (exact) mass is 544 g/mol. The van der Waals surface area contributed by atoms with Crippen molar-refractivity contribution in [2.24, 2.45) is 0 Å². The minimum absolute atomic E-state index is 0. The highest BCUT2D eigenvalue weighted by Gasteiger charge is 2.25. The number of halogens is 2. The van der Waals surface area contributed by atoms with Gasteiger partial charge in [-0.15, -0.1) is 24.8 Å². The zero-order valence-corrected chi connectivity index (χ0v) is 25.3. The lowest BCUT2D eigenvalue weighted by Gasteiger charge is -2.20. The van der Waals surface area contributed by atoms with Crippen molar-refractivity contribution in [3.8, 4) is 0 Å². The van der Waals surface area contributed by atoms with Gasteiger partial charge in [0.05, 0.1) is 11.4 Å². The lowest BCUT2D eigenvalue weighted by molar-refractivity contribution is 0.284. The summed E-state index contributed by atoms with van der Waals surface area (Å²) in [6.45, 7) is 19.7. The molecule has 0 aliphatic carbocycles. The molecule has 0 aliphatic rings. The van der Waals surface area contributed by atoms with E-state index in [-0.39, 0.29) is 24.8 Å². The van der Waals surface area contributed by atoms with Crippen molar-refractivity contribution in [2.75, 3.05) is 11.0 Å². The van der Waals surface area contributed by atoms with Crippen molar-refractivity contribution in [1.29, 1.82) is 0 Å². The SMILES string of the molecule is Cc1cc(NOB(ONc2ccc(C(C)C)c(C)c2)c2ccc(C(C)C)c(C)c2)ccc1C(C)C.Cl.Cl. The van der Waals surface area contributed by atoms with Gasteiger partial charge in [-0.1, -0.05) is 71.9 Å². The fraction of sp³-hybridized carbons (Fsp3) is 0.400. The first kappa shape index (κ1) is 32.9. The minimum Gasteiger partial charge on any atom is -0.294 e. The van der Waals surface area contributed by atoms with Crippen LogP contribution in [0.15, 0.2) is 54.6 Å². The van der Waals surface area contributed by atoms with Gasteiger partial charge in [0.1, 0.15) is 0 Å². The van der Waals surface area contributed by atoms with Gasteiger partial charge in [0.15, 0.2) is 0 Å². The summed E-state index contributed by atoms with van der Waals surface area (Å²) in [5.74, 6) is 1.43. The molecule has 0 aliphatic heterocycles. The summed E-state index contributed by atoms with van der Waals surface area (Å²) in [4.78, 5) is 0. The van der Waals surface area contributed by atoms with Crippen LogP contribution >= 0.6 is 24.8 Å². The Morgan fingerprint density at radius 1 is 0.541 bits per heavy atom. The summed E-state index contributed by atoms with van der Waals surface area (Å²) in [5, 5.41) is 0. The van der Waals surface area contributed by atoms with Crippen LogP contribution in [0, 0.1) is 20.8 Å². The van der Waals surface area contributed by atoms with Crippen molar-refractivity contribution in [3.63, 3.8) is 0 Å². The van der Waals surface area contributed by atoms with Crippen LogP contribution in [0.25, 0.3) is 0 Å². The highest BCUT2D eigenvalue weighted by Crippen LogP contribution is 2.24. The molecule has 7 heteroatoms. The predicted molar refractivity (Wildman–Crippen MR) is 165 cm³/mol. The predicted octanol–water partition coefficient (Wildman–Crippen LogP) is 8.61. The van der Waals surface area contributed by atoms with Gasteiger partial charge in [-0.25, -0.2) is 0 Å². The molecular formula is C30H43BCl2N2O2. The molecule has 0 heterocycles. The zero-order chi connectivity index (χ0) is 25.7. The Kier molecular flexibility index (Phi) is 13.0. The molecular weight excluding hydrogens is 502 g/mol. The van der Waals surface area contributed by atoms with Gasteiger partial charge < -0.3 is 0 Å². The number of hydrogen-bond acceptors (Lipinski definition) is 4. The molecule has 0 saturated carbocycles. The number of anilines is 2. The quantitative estimate of drug-likeness (QED) is 0.198. The second kappa shape index (κ2) is 14.7. The van der Waals surface area contributed by atoms with Gasteiger partial charge in [-0.3, -0.25) is 20.5 Å². The minimum atomic E-state index is -0.648. The number of aryl methyl sites for hydroxylation is 3. The molecule has 0 atom stereocenters. The summed E-state index contributed by atoms with van der Waals surface area (Å²) in [6.07, 6.45) is 0. The van der Waals surface area contributed by atoms with Gasteiger partial charge in [0, 0.05) is 0 Å². The Bertz CT molecular complexity index is 1090. The summed E-state index contributed by atoms with van der Waals surface area (Å²) < 4.78 is 12.2. The first-order valence-corrected chi connectivity index (χ1v) is 12.7. The Morgan fingerprint density at radius 2 is 0.892 bits per heavy atom. The molecule has 4 nitrogen and oxygen atoms in total. The van der Waals surface area contributed by atoms with Crippen molar-refractivity contribution < 1.29 is 9.51 Å². The molecule has 37 heavy (non-hydrogen) atoms. The smallest absolute Gasteiger partial charge is 0.294 e. The third kappa shape index (κ3) is 8.68. The average Bonchev–Trinajstić information content (AvgIpc) is 2.78. The lowest BCUT2D eigenvalue weighted by Crippen LogP contribution is -2.40. The lowest BCUT2D eigenvalue weighted by atomic mass is 9.77. The van der Waals surface area contributed by atoms with E-state index in [1.54, 1.807) is 0 Å². The first-order chi connectivity index (χ1) is 16.6.